The van der Waals surface area contributed by atoms with Crippen molar-refractivity contribution >= 4 is 18.0 Å². The summed E-state index contributed by atoms with van der Waals surface area (Å²) >= 11 is 0. The van der Waals surface area contributed by atoms with E-state index in [1.165, 1.54) is 7.11 Å². The Morgan fingerprint density at radius 3 is 2.12 bits per heavy atom. The third-order valence-electron chi connectivity index (χ3n) is 6.17. The maximum Gasteiger partial charge on any atom is 0.407 e. The molecule has 2 aliphatic rings. The van der Waals surface area contributed by atoms with Crippen molar-refractivity contribution in [3.05, 3.63) is 59.7 Å². The Labute approximate surface area is 192 Å². The van der Waals surface area contributed by atoms with Crippen molar-refractivity contribution in [1.29, 1.82) is 0 Å². The zero-order chi connectivity index (χ0) is 23.4. The number of carbonyl (C=O) groups is 3. The number of carbonyl (C=O) groups excluding carboxylic acids is 2. The van der Waals surface area contributed by atoms with Crippen molar-refractivity contribution in [2.24, 2.45) is 5.92 Å². The van der Waals surface area contributed by atoms with Crippen LogP contribution in [0.2, 0.25) is 0 Å². The van der Waals surface area contributed by atoms with Crippen molar-refractivity contribution in [1.82, 2.24) is 10.6 Å². The summed E-state index contributed by atoms with van der Waals surface area (Å²) in [7, 11) is 1.36. The number of methoxy groups -OCH3 is 1. The summed E-state index contributed by atoms with van der Waals surface area (Å²) in [5.41, 5.74) is 4.46. The predicted molar refractivity (Wildman–Crippen MR) is 121 cm³/mol. The molecule has 1 unspecified atom stereocenters. The van der Waals surface area contributed by atoms with Crippen LogP contribution in [0, 0.1) is 5.92 Å². The molecule has 2 aliphatic carbocycles. The Hall–Kier alpha value is -3.39. The molecule has 2 aromatic carbocycles. The number of carboxylic acid groups (broad SMARTS) is 1. The molecule has 0 bridgehead atoms. The molecule has 0 heterocycles. The molecule has 8 heteroatoms. The molecule has 33 heavy (non-hydrogen) atoms. The molecule has 2 atom stereocenters. The first-order valence-electron chi connectivity index (χ1n) is 11.1. The van der Waals surface area contributed by atoms with Crippen molar-refractivity contribution in [3.8, 4) is 11.1 Å². The molecule has 3 N–H and O–H groups in total. The lowest BCUT2D eigenvalue weighted by Gasteiger charge is -2.21. The van der Waals surface area contributed by atoms with E-state index in [-0.39, 0.29) is 19.1 Å². The van der Waals surface area contributed by atoms with Crippen LogP contribution < -0.4 is 10.6 Å². The quantitative estimate of drug-likeness (QED) is 0.511. The molecule has 4 rings (SSSR count). The molecule has 0 radical (unpaired) electrons. The van der Waals surface area contributed by atoms with Gasteiger partial charge in [0.15, 0.2) is 6.04 Å². The van der Waals surface area contributed by atoms with Gasteiger partial charge in [-0.15, -0.1) is 0 Å². The number of aliphatic carboxylic acids is 1. The normalized spacial score (nSPS) is 16.3. The Balaban J connectivity index is 1.40. The number of fused-ring (bicyclic) bond motifs is 3. The highest BCUT2D eigenvalue weighted by atomic mass is 16.5. The Morgan fingerprint density at radius 2 is 1.58 bits per heavy atom. The second-order valence-electron chi connectivity index (χ2n) is 8.56. The topological polar surface area (TPSA) is 114 Å². The van der Waals surface area contributed by atoms with Gasteiger partial charge in [-0.2, -0.15) is 0 Å². The Kier molecular flexibility index (Phi) is 6.93. The van der Waals surface area contributed by atoms with Gasteiger partial charge < -0.3 is 25.2 Å². The average molecular weight is 453 g/mol. The molecule has 0 saturated heterocycles. The molecule has 0 aromatic heterocycles. The van der Waals surface area contributed by atoms with Gasteiger partial charge in [-0.25, -0.2) is 9.59 Å². The third-order valence-corrected chi connectivity index (χ3v) is 6.17. The Morgan fingerprint density at radius 1 is 0.970 bits per heavy atom. The van der Waals surface area contributed by atoms with Gasteiger partial charge in [-0.05, 0) is 34.6 Å². The first-order chi connectivity index (χ1) is 16.0. The molecule has 2 amide bonds. The maximum absolute atomic E-state index is 12.7. The minimum absolute atomic E-state index is 0.0862. The van der Waals surface area contributed by atoms with Crippen molar-refractivity contribution < 1.29 is 29.0 Å². The average Bonchev–Trinajstić information content (AvgIpc) is 3.57. The Bertz CT molecular complexity index is 990. The second-order valence-corrected chi connectivity index (χ2v) is 8.56. The van der Waals surface area contributed by atoms with Crippen LogP contribution in [0.3, 0.4) is 0 Å². The summed E-state index contributed by atoms with van der Waals surface area (Å²) in [6.45, 7) is -0.0266. The number of amides is 2. The van der Waals surface area contributed by atoms with Crippen molar-refractivity contribution in [2.45, 2.75) is 37.3 Å². The number of nitrogens with one attached hydrogen (secondary N) is 2. The number of hydrogen-bond donors (Lipinski definition) is 3. The minimum atomic E-state index is -1.20. The van der Waals surface area contributed by atoms with E-state index in [1.807, 2.05) is 36.4 Å². The zero-order valence-corrected chi connectivity index (χ0v) is 18.5. The lowest BCUT2D eigenvalue weighted by molar-refractivity contribution is -0.143. The van der Waals surface area contributed by atoms with Gasteiger partial charge in [0.2, 0.25) is 5.91 Å². The van der Waals surface area contributed by atoms with Gasteiger partial charge in [0, 0.05) is 13.0 Å². The molecular formula is C25H28N2O6. The predicted octanol–water partition coefficient (Wildman–Crippen LogP) is 2.91. The fourth-order valence-electron chi connectivity index (χ4n) is 4.31. The summed E-state index contributed by atoms with van der Waals surface area (Å²) in [6.07, 6.45) is 1.71. The van der Waals surface area contributed by atoms with Crippen LogP contribution in [-0.2, 0) is 19.1 Å². The SMILES string of the molecule is COC[C@H](NC(=O)C(CC1CC1)NC(=O)OCC1c2ccccc2-c2ccccc21)C(=O)O. The van der Waals surface area contributed by atoms with Crippen LogP contribution in [0.15, 0.2) is 48.5 Å². The van der Waals surface area contributed by atoms with E-state index in [1.54, 1.807) is 0 Å². The number of ether oxygens (including phenoxy) is 2. The van der Waals surface area contributed by atoms with E-state index < -0.39 is 30.1 Å². The number of rotatable bonds is 10. The first kappa shape index (κ1) is 22.8. The van der Waals surface area contributed by atoms with Crippen LogP contribution >= 0.6 is 0 Å². The third kappa shape index (κ3) is 5.34. The zero-order valence-electron chi connectivity index (χ0n) is 18.5. The summed E-state index contributed by atoms with van der Waals surface area (Å²) in [4.78, 5) is 36.7. The van der Waals surface area contributed by atoms with Gasteiger partial charge in [0.25, 0.3) is 0 Å². The smallest absolute Gasteiger partial charge is 0.407 e. The van der Waals surface area contributed by atoms with Crippen molar-refractivity contribution in [2.75, 3.05) is 20.3 Å². The molecule has 174 valence electrons. The van der Waals surface area contributed by atoms with E-state index in [4.69, 9.17) is 9.47 Å². The fourth-order valence-corrected chi connectivity index (χ4v) is 4.31. The second kappa shape index (κ2) is 10.0. The number of hydrogen-bond acceptors (Lipinski definition) is 5. The highest BCUT2D eigenvalue weighted by Crippen LogP contribution is 2.44. The highest BCUT2D eigenvalue weighted by molar-refractivity contribution is 5.89. The van der Waals surface area contributed by atoms with Crippen LogP contribution in [0.4, 0.5) is 4.79 Å². The van der Waals surface area contributed by atoms with Gasteiger partial charge in [-0.3, -0.25) is 4.79 Å². The molecule has 1 fully saturated rings. The minimum Gasteiger partial charge on any atom is -0.480 e. The standard InChI is InChI=1S/C25H28N2O6/c1-32-14-22(24(29)30)26-23(28)21(12-15-10-11-15)27-25(31)33-13-20-18-8-4-2-6-16(18)17-7-3-5-9-19(17)20/h2-9,15,20-22H,10-14H2,1H3,(H,26,28)(H,27,31)(H,29,30)/t21?,22-/m0/s1. The summed E-state index contributed by atoms with van der Waals surface area (Å²) in [6, 6.07) is 14.0. The lowest BCUT2D eigenvalue weighted by atomic mass is 9.98. The van der Waals surface area contributed by atoms with E-state index in [2.05, 4.69) is 22.8 Å². The monoisotopic (exact) mass is 452 g/mol. The number of benzene rings is 2. The highest BCUT2D eigenvalue weighted by Gasteiger charge is 2.34. The fraction of sp³-hybridized carbons (Fsp3) is 0.400. The van der Waals surface area contributed by atoms with Crippen LogP contribution in [0.1, 0.15) is 36.3 Å². The number of alkyl carbamates (subject to hydrolysis) is 1. The summed E-state index contributed by atoms with van der Waals surface area (Å²) in [5.74, 6) is -1.51. The maximum atomic E-state index is 12.7. The molecule has 2 aromatic rings. The van der Waals surface area contributed by atoms with E-state index >= 15 is 0 Å². The summed E-state index contributed by atoms with van der Waals surface area (Å²) in [5, 5.41) is 14.4. The van der Waals surface area contributed by atoms with Gasteiger partial charge >= 0.3 is 12.1 Å². The lowest BCUT2D eigenvalue weighted by Crippen LogP contribution is -2.53. The van der Waals surface area contributed by atoms with Gasteiger partial charge in [0.1, 0.15) is 12.6 Å². The van der Waals surface area contributed by atoms with Gasteiger partial charge in [0.05, 0.1) is 6.61 Å². The molecule has 1 saturated carbocycles. The van der Waals surface area contributed by atoms with Crippen molar-refractivity contribution in [3.63, 3.8) is 0 Å². The molecule has 0 aliphatic heterocycles. The van der Waals surface area contributed by atoms with E-state index in [0.29, 0.717) is 12.3 Å². The van der Waals surface area contributed by atoms with Crippen LogP contribution in [-0.4, -0.2) is 55.5 Å². The number of carboxylic acids is 1. The molecule has 8 nitrogen and oxygen atoms in total. The molecular weight excluding hydrogens is 424 g/mol. The summed E-state index contributed by atoms with van der Waals surface area (Å²) < 4.78 is 10.4. The van der Waals surface area contributed by atoms with E-state index in [0.717, 1.165) is 35.1 Å². The van der Waals surface area contributed by atoms with Gasteiger partial charge in [-0.1, -0.05) is 61.4 Å². The first-order valence-corrected chi connectivity index (χ1v) is 11.1. The molecule has 0 spiro atoms. The largest absolute Gasteiger partial charge is 0.480 e. The van der Waals surface area contributed by atoms with Crippen LogP contribution in [0.5, 0.6) is 0 Å². The van der Waals surface area contributed by atoms with Crippen LogP contribution in [0.25, 0.3) is 11.1 Å². The van der Waals surface area contributed by atoms with E-state index in [9.17, 15) is 19.5 Å².